The van der Waals surface area contributed by atoms with Gasteiger partial charge in [-0.15, -0.1) is 0 Å². The van der Waals surface area contributed by atoms with Gasteiger partial charge in [-0.25, -0.2) is 0 Å². The lowest BCUT2D eigenvalue weighted by atomic mass is 9.95. The molecule has 3 rings (SSSR count). The molecule has 0 saturated heterocycles. The second-order valence-electron chi connectivity index (χ2n) is 6.24. The Labute approximate surface area is 124 Å². The number of hydrogen-bond acceptors (Lipinski definition) is 3. The standard InChI is InChI=1S/C17H18N2O2/c1-17(2,3)16(20)19-12-4-5-14-13-6-7-18-9-11(13)10-21-15(14)8-12/h4-9H,10H2,1-3H3,(H,19,20). The summed E-state index contributed by atoms with van der Waals surface area (Å²) >= 11 is 0. The fraction of sp³-hybridized carbons (Fsp3) is 0.294. The molecule has 2 heterocycles. The number of anilines is 1. The molecular weight excluding hydrogens is 264 g/mol. The van der Waals surface area contributed by atoms with E-state index in [1.54, 1.807) is 6.20 Å². The molecule has 1 amide bonds. The van der Waals surface area contributed by atoms with Crippen LogP contribution in [0, 0.1) is 5.41 Å². The van der Waals surface area contributed by atoms with E-state index in [1.165, 1.54) is 0 Å². The van der Waals surface area contributed by atoms with Gasteiger partial charge in [0, 0.05) is 40.7 Å². The zero-order valence-corrected chi connectivity index (χ0v) is 12.4. The number of hydrogen-bond donors (Lipinski definition) is 1. The number of rotatable bonds is 1. The van der Waals surface area contributed by atoms with Crippen molar-refractivity contribution in [2.45, 2.75) is 27.4 Å². The Balaban J connectivity index is 1.92. The van der Waals surface area contributed by atoms with Crippen LogP contribution in [0.1, 0.15) is 26.3 Å². The van der Waals surface area contributed by atoms with E-state index < -0.39 is 5.41 Å². The second-order valence-corrected chi connectivity index (χ2v) is 6.24. The van der Waals surface area contributed by atoms with Crippen molar-refractivity contribution in [3.05, 3.63) is 42.2 Å². The zero-order valence-electron chi connectivity index (χ0n) is 12.4. The molecule has 2 aromatic rings. The van der Waals surface area contributed by atoms with Crippen molar-refractivity contribution in [3.8, 4) is 16.9 Å². The van der Waals surface area contributed by atoms with Gasteiger partial charge in [0.25, 0.3) is 0 Å². The number of amides is 1. The van der Waals surface area contributed by atoms with Crippen LogP contribution in [0.3, 0.4) is 0 Å². The molecule has 1 N–H and O–H groups in total. The fourth-order valence-corrected chi connectivity index (χ4v) is 2.22. The molecule has 1 aromatic heterocycles. The molecule has 0 fully saturated rings. The summed E-state index contributed by atoms with van der Waals surface area (Å²) in [7, 11) is 0. The Morgan fingerprint density at radius 2 is 2.05 bits per heavy atom. The molecule has 4 nitrogen and oxygen atoms in total. The third-order valence-electron chi connectivity index (χ3n) is 3.50. The highest BCUT2D eigenvalue weighted by molar-refractivity contribution is 5.95. The number of carbonyl (C=O) groups is 1. The lowest BCUT2D eigenvalue weighted by molar-refractivity contribution is -0.123. The van der Waals surface area contributed by atoms with Crippen LogP contribution in [0.2, 0.25) is 0 Å². The Morgan fingerprint density at radius 3 is 2.81 bits per heavy atom. The smallest absolute Gasteiger partial charge is 0.229 e. The van der Waals surface area contributed by atoms with Gasteiger partial charge in [0.1, 0.15) is 12.4 Å². The maximum absolute atomic E-state index is 12.0. The fourth-order valence-electron chi connectivity index (χ4n) is 2.22. The van der Waals surface area contributed by atoms with Gasteiger partial charge >= 0.3 is 0 Å². The Kier molecular flexibility index (Phi) is 3.16. The number of pyridine rings is 1. The Bertz CT molecular complexity index is 702. The second kappa shape index (κ2) is 4.88. The first-order chi connectivity index (χ1) is 9.95. The molecule has 1 aromatic carbocycles. The van der Waals surface area contributed by atoms with Crippen molar-refractivity contribution in [2.75, 3.05) is 5.32 Å². The predicted molar refractivity (Wildman–Crippen MR) is 82.1 cm³/mol. The normalized spacial score (nSPS) is 12.9. The van der Waals surface area contributed by atoms with Crippen LogP contribution in [0.15, 0.2) is 36.7 Å². The highest BCUT2D eigenvalue weighted by Crippen LogP contribution is 2.38. The van der Waals surface area contributed by atoms with E-state index in [9.17, 15) is 4.79 Å². The van der Waals surface area contributed by atoms with Gasteiger partial charge in [-0.1, -0.05) is 20.8 Å². The average Bonchev–Trinajstić information content (AvgIpc) is 2.46. The molecule has 0 spiro atoms. The summed E-state index contributed by atoms with van der Waals surface area (Å²) in [5.41, 5.74) is 3.59. The molecule has 0 aliphatic carbocycles. The van der Waals surface area contributed by atoms with Crippen LogP contribution in [0.5, 0.6) is 5.75 Å². The monoisotopic (exact) mass is 282 g/mol. The van der Waals surface area contributed by atoms with Gasteiger partial charge in [-0.2, -0.15) is 0 Å². The first-order valence-corrected chi connectivity index (χ1v) is 6.97. The van der Waals surface area contributed by atoms with Crippen molar-refractivity contribution >= 4 is 11.6 Å². The maximum Gasteiger partial charge on any atom is 0.229 e. The summed E-state index contributed by atoms with van der Waals surface area (Å²) in [5, 5.41) is 2.92. The highest BCUT2D eigenvalue weighted by Gasteiger charge is 2.22. The number of fused-ring (bicyclic) bond motifs is 3. The van der Waals surface area contributed by atoms with Crippen molar-refractivity contribution in [1.82, 2.24) is 4.98 Å². The predicted octanol–water partition coefficient (Wildman–Crippen LogP) is 3.63. The number of nitrogens with one attached hydrogen (secondary N) is 1. The van der Waals surface area contributed by atoms with Crippen LogP contribution in [-0.4, -0.2) is 10.9 Å². The average molecular weight is 282 g/mol. The van der Waals surface area contributed by atoms with E-state index in [4.69, 9.17) is 4.74 Å². The molecule has 0 radical (unpaired) electrons. The number of carbonyl (C=O) groups excluding carboxylic acids is 1. The van der Waals surface area contributed by atoms with E-state index in [-0.39, 0.29) is 5.91 Å². The largest absolute Gasteiger partial charge is 0.488 e. The quantitative estimate of drug-likeness (QED) is 0.869. The molecule has 108 valence electrons. The summed E-state index contributed by atoms with van der Waals surface area (Å²) in [6.45, 7) is 6.17. The van der Waals surface area contributed by atoms with Crippen LogP contribution in [0.25, 0.3) is 11.1 Å². The molecule has 21 heavy (non-hydrogen) atoms. The van der Waals surface area contributed by atoms with Gasteiger partial charge in [0.2, 0.25) is 5.91 Å². The molecular formula is C17H18N2O2. The van der Waals surface area contributed by atoms with Crippen LogP contribution in [0.4, 0.5) is 5.69 Å². The first-order valence-electron chi connectivity index (χ1n) is 6.97. The highest BCUT2D eigenvalue weighted by atomic mass is 16.5. The number of ether oxygens (including phenoxy) is 1. The maximum atomic E-state index is 12.0. The molecule has 1 aliphatic rings. The lowest BCUT2D eigenvalue weighted by Crippen LogP contribution is -2.27. The van der Waals surface area contributed by atoms with Gasteiger partial charge in [-0.05, 0) is 23.8 Å². The summed E-state index contributed by atoms with van der Waals surface area (Å²) in [6, 6.07) is 7.75. The van der Waals surface area contributed by atoms with E-state index in [2.05, 4.69) is 10.3 Å². The summed E-state index contributed by atoms with van der Waals surface area (Å²) in [5.74, 6) is 0.781. The minimum Gasteiger partial charge on any atom is -0.488 e. The van der Waals surface area contributed by atoms with E-state index in [1.807, 2.05) is 51.2 Å². The SMILES string of the molecule is CC(C)(C)C(=O)Nc1ccc2c(c1)OCc1cnccc1-2. The van der Waals surface area contributed by atoms with Crippen LogP contribution >= 0.6 is 0 Å². The third-order valence-corrected chi connectivity index (χ3v) is 3.50. The van der Waals surface area contributed by atoms with Gasteiger partial charge in [0.15, 0.2) is 0 Å². The summed E-state index contributed by atoms with van der Waals surface area (Å²) in [4.78, 5) is 16.2. The van der Waals surface area contributed by atoms with Crippen molar-refractivity contribution < 1.29 is 9.53 Å². The topological polar surface area (TPSA) is 51.2 Å². The third kappa shape index (κ3) is 2.61. The minimum atomic E-state index is -0.422. The Morgan fingerprint density at radius 1 is 1.24 bits per heavy atom. The number of nitrogens with zero attached hydrogens (tertiary/aromatic N) is 1. The molecule has 0 bridgehead atoms. The van der Waals surface area contributed by atoms with Gasteiger partial charge in [0.05, 0.1) is 0 Å². The number of aromatic nitrogens is 1. The van der Waals surface area contributed by atoms with Gasteiger partial charge < -0.3 is 10.1 Å². The molecule has 1 aliphatic heterocycles. The van der Waals surface area contributed by atoms with Crippen molar-refractivity contribution in [3.63, 3.8) is 0 Å². The summed E-state index contributed by atoms with van der Waals surface area (Å²) in [6.07, 6.45) is 3.61. The zero-order chi connectivity index (χ0) is 15.0. The Hall–Kier alpha value is -2.36. The van der Waals surface area contributed by atoms with Gasteiger partial charge in [-0.3, -0.25) is 9.78 Å². The molecule has 4 heteroatoms. The van der Waals surface area contributed by atoms with Crippen LogP contribution in [-0.2, 0) is 11.4 Å². The molecule has 0 unspecified atom stereocenters. The van der Waals surface area contributed by atoms with Crippen molar-refractivity contribution in [1.29, 1.82) is 0 Å². The molecule has 0 atom stereocenters. The van der Waals surface area contributed by atoms with E-state index in [0.717, 1.165) is 28.1 Å². The number of benzene rings is 1. The van der Waals surface area contributed by atoms with E-state index >= 15 is 0 Å². The van der Waals surface area contributed by atoms with Crippen molar-refractivity contribution in [2.24, 2.45) is 5.41 Å². The van der Waals surface area contributed by atoms with E-state index in [0.29, 0.717) is 6.61 Å². The van der Waals surface area contributed by atoms with Crippen LogP contribution < -0.4 is 10.1 Å². The minimum absolute atomic E-state index is 0.0112. The molecule has 0 saturated carbocycles. The lowest BCUT2D eigenvalue weighted by Gasteiger charge is -2.22. The first kappa shape index (κ1) is 13.6. The summed E-state index contributed by atoms with van der Waals surface area (Å²) < 4.78 is 5.77.